The van der Waals surface area contributed by atoms with Crippen molar-refractivity contribution < 1.29 is 9.53 Å². The van der Waals surface area contributed by atoms with Crippen LogP contribution in [0.5, 0.6) is 0 Å². The number of benzene rings is 1. The van der Waals surface area contributed by atoms with Gasteiger partial charge in [-0.05, 0) is 12.0 Å². The zero-order valence-electron chi connectivity index (χ0n) is 12.1. The minimum Gasteiger partial charge on any atom is -0.458 e. The highest BCUT2D eigenvalue weighted by Crippen LogP contribution is 2.22. The molecular formula is C15H24O2Si. The smallest absolute Gasteiger partial charge is 0.303 e. The minimum absolute atomic E-state index is 0.0943. The van der Waals surface area contributed by atoms with Crippen molar-refractivity contribution in [3.8, 4) is 0 Å². The maximum Gasteiger partial charge on any atom is 0.303 e. The van der Waals surface area contributed by atoms with Gasteiger partial charge in [-0.25, -0.2) is 0 Å². The van der Waals surface area contributed by atoms with Crippen LogP contribution in [-0.2, 0) is 9.53 Å². The van der Waals surface area contributed by atoms with Crippen LogP contribution in [-0.4, -0.2) is 14.0 Å². The molecular weight excluding hydrogens is 240 g/mol. The molecule has 1 aromatic carbocycles. The number of esters is 1. The minimum atomic E-state index is -1.25. The van der Waals surface area contributed by atoms with Crippen LogP contribution in [0, 0.1) is 0 Å². The molecule has 0 spiro atoms. The molecule has 18 heavy (non-hydrogen) atoms. The standard InChI is InChI=1S/C15H24O2Si/c1-6-7-15(17-12(2)16)13-8-10-14(11-9-13)18(3,4)5/h8-11,15H,6-7H2,1-5H3/t15-/m1/s1. The molecule has 0 heterocycles. The van der Waals surface area contributed by atoms with Gasteiger partial charge in [-0.3, -0.25) is 4.79 Å². The van der Waals surface area contributed by atoms with Crippen molar-refractivity contribution in [1.82, 2.24) is 0 Å². The average molecular weight is 264 g/mol. The summed E-state index contributed by atoms with van der Waals surface area (Å²) in [4.78, 5) is 11.1. The Morgan fingerprint density at radius 1 is 1.22 bits per heavy atom. The van der Waals surface area contributed by atoms with Gasteiger partial charge in [-0.15, -0.1) is 0 Å². The normalized spacial score (nSPS) is 13.2. The van der Waals surface area contributed by atoms with E-state index < -0.39 is 8.07 Å². The molecule has 0 amide bonds. The fourth-order valence-electron chi connectivity index (χ4n) is 1.95. The third-order valence-corrected chi connectivity index (χ3v) is 5.07. The summed E-state index contributed by atoms with van der Waals surface area (Å²) >= 11 is 0. The van der Waals surface area contributed by atoms with Crippen LogP contribution in [0.1, 0.15) is 38.4 Å². The molecule has 0 aliphatic rings. The van der Waals surface area contributed by atoms with E-state index in [0.717, 1.165) is 18.4 Å². The number of ether oxygens (including phenoxy) is 1. The Labute approximate surface area is 111 Å². The van der Waals surface area contributed by atoms with Crippen molar-refractivity contribution in [2.75, 3.05) is 0 Å². The van der Waals surface area contributed by atoms with Crippen LogP contribution in [0.25, 0.3) is 0 Å². The van der Waals surface area contributed by atoms with E-state index in [2.05, 4.69) is 50.8 Å². The van der Waals surface area contributed by atoms with Crippen molar-refractivity contribution in [3.63, 3.8) is 0 Å². The molecule has 1 aromatic rings. The van der Waals surface area contributed by atoms with E-state index in [1.165, 1.54) is 12.1 Å². The summed E-state index contributed by atoms with van der Waals surface area (Å²) in [6, 6.07) is 8.59. The highest BCUT2D eigenvalue weighted by molar-refractivity contribution is 6.88. The summed E-state index contributed by atoms with van der Waals surface area (Å²) in [7, 11) is -1.25. The molecule has 2 nitrogen and oxygen atoms in total. The van der Waals surface area contributed by atoms with E-state index in [1.807, 2.05) is 0 Å². The van der Waals surface area contributed by atoms with Gasteiger partial charge in [-0.1, -0.05) is 62.4 Å². The molecule has 0 saturated carbocycles. The summed E-state index contributed by atoms with van der Waals surface area (Å²) in [5.41, 5.74) is 1.11. The van der Waals surface area contributed by atoms with Gasteiger partial charge in [0.1, 0.15) is 6.10 Å². The van der Waals surface area contributed by atoms with Gasteiger partial charge in [0, 0.05) is 6.92 Å². The molecule has 0 fully saturated rings. The van der Waals surface area contributed by atoms with Gasteiger partial charge in [0.15, 0.2) is 0 Å². The highest BCUT2D eigenvalue weighted by atomic mass is 28.3. The molecule has 0 radical (unpaired) electrons. The van der Waals surface area contributed by atoms with Gasteiger partial charge in [0.25, 0.3) is 0 Å². The number of carbonyl (C=O) groups is 1. The van der Waals surface area contributed by atoms with E-state index in [9.17, 15) is 4.79 Å². The third kappa shape index (κ3) is 4.30. The van der Waals surface area contributed by atoms with Crippen LogP contribution in [0.2, 0.25) is 19.6 Å². The van der Waals surface area contributed by atoms with E-state index in [4.69, 9.17) is 4.74 Å². The Bertz CT molecular complexity index is 390. The lowest BCUT2D eigenvalue weighted by molar-refractivity contribution is -0.147. The Kier molecular flexibility index (Phi) is 5.14. The Morgan fingerprint density at radius 2 is 1.78 bits per heavy atom. The zero-order valence-corrected chi connectivity index (χ0v) is 13.1. The average Bonchev–Trinajstić information content (AvgIpc) is 2.27. The van der Waals surface area contributed by atoms with Gasteiger partial charge in [-0.2, -0.15) is 0 Å². The second-order valence-corrected chi connectivity index (χ2v) is 10.8. The molecule has 0 saturated heterocycles. The van der Waals surface area contributed by atoms with Crippen molar-refractivity contribution in [1.29, 1.82) is 0 Å². The first-order chi connectivity index (χ1) is 8.34. The Balaban J connectivity index is 2.90. The zero-order chi connectivity index (χ0) is 13.8. The van der Waals surface area contributed by atoms with E-state index in [1.54, 1.807) is 0 Å². The van der Waals surface area contributed by atoms with E-state index in [0.29, 0.717) is 0 Å². The van der Waals surface area contributed by atoms with Crippen molar-refractivity contribution >= 4 is 19.2 Å². The maximum absolute atomic E-state index is 11.1. The summed E-state index contributed by atoms with van der Waals surface area (Å²) in [5.74, 6) is -0.206. The number of hydrogen-bond acceptors (Lipinski definition) is 2. The molecule has 0 aromatic heterocycles. The van der Waals surface area contributed by atoms with Crippen molar-refractivity contribution in [2.45, 2.75) is 52.4 Å². The predicted octanol–water partition coefficient (Wildman–Crippen LogP) is 3.64. The van der Waals surface area contributed by atoms with Gasteiger partial charge >= 0.3 is 5.97 Å². The number of rotatable bonds is 5. The fourth-order valence-corrected chi connectivity index (χ4v) is 3.12. The Morgan fingerprint density at radius 3 is 2.17 bits per heavy atom. The molecule has 1 rings (SSSR count). The Hall–Kier alpha value is -1.09. The van der Waals surface area contributed by atoms with Crippen LogP contribution in [0.15, 0.2) is 24.3 Å². The van der Waals surface area contributed by atoms with Crippen molar-refractivity contribution in [3.05, 3.63) is 29.8 Å². The summed E-state index contributed by atoms with van der Waals surface area (Å²) in [5, 5.41) is 1.43. The molecule has 100 valence electrons. The molecule has 0 aliphatic heterocycles. The lowest BCUT2D eigenvalue weighted by Gasteiger charge is -2.20. The fraction of sp³-hybridized carbons (Fsp3) is 0.533. The van der Waals surface area contributed by atoms with Gasteiger partial charge in [0.05, 0.1) is 8.07 Å². The molecule has 0 unspecified atom stereocenters. The third-order valence-electron chi connectivity index (χ3n) is 3.01. The molecule has 1 atom stereocenters. The van der Waals surface area contributed by atoms with E-state index >= 15 is 0 Å². The SMILES string of the molecule is CCC[C@@H](OC(C)=O)c1ccc([Si](C)(C)C)cc1. The second-order valence-electron chi connectivity index (χ2n) is 5.76. The molecule has 0 N–H and O–H groups in total. The maximum atomic E-state index is 11.1. The second kappa shape index (κ2) is 6.18. The van der Waals surface area contributed by atoms with Crippen LogP contribution < -0.4 is 5.19 Å². The monoisotopic (exact) mass is 264 g/mol. The topological polar surface area (TPSA) is 26.3 Å². The van der Waals surface area contributed by atoms with Crippen LogP contribution in [0.4, 0.5) is 0 Å². The summed E-state index contributed by atoms with van der Waals surface area (Å²) < 4.78 is 5.37. The van der Waals surface area contributed by atoms with Crippen LogP contribution in [0.3, 0.4) is 0 Å². The first-order valence-electron chi connectivity index (χ1n) is 6.62. The molecule has 3 heteroatoms. The predicted molar refractivity (Wildman–Crippen MR) is 78.8 cm³/mol. The number of carbonyl (C=O) groups excluding carboxylic acids is 1. The first kappa shape index (κ1) is 15.0. The quantitative estimate of drug-likeness (QED) is 0.599. The van der Waals surface area contributed by atoms with Gasteiger partial charge in [0.2, 0.25) is 0 Å². The van der Waals surface area contributed by atoms with Crippen LogP contribution >= 0.6 is 0 Å². The summed E-state index contributed by atoms with van der Waals surface area (Å²) in [6.45, 7) is 10.6. The van der Waals surface area contributed by atoms with Gasteiger partial charge < -0.3 is 4.74 Å². The molecule has 0 aliphatic carbocycles. The molecule has 0 bridgehead atoms. The van der Waals surface area contributed by atoms with Crippen molar-refractivity contribution in [2.24, 2.45) is 0 Å². The lowest BCUT2D eigenvalue weighted by atomic mass is 10.1. The number of hydrogen-bond donors (Lipinski definition) is 0. The largest absolute Gasteiger partial charge is 0.458 e. The lowest BCUT2D eigenvalue weighted by Crippen LogP contribution is -2.37. The first-order valence-corrected chi connectivity index (χ1v) is 10.1. The summed E-state index contributed by atoms with van der Waals surface area (Å²) in [6.07, 6.45) is 1.79. The van der Waals surface area contributed by atoms with E-state index in [-0.39, 0.29) is 12.1 Å². The highest BCUT2D eigenvalue weighted by Gasteiger charge is 2.18.